The summed E-state index contributed by atoms with van der Waals surface area (Å²) < 4.78 is 0. The number of nitrogens with zero attached hydrogens (tertiary/aromatic N) is 2. The lowest BCUT2D eigenvalue weighted by Gasteiger charge is -1.99. The van der Waals surface area contributed by atoms with Gasteiger partial charge in [0.15, 0.2) is 0 Å². The molecular formula is C11H14N4OS2. The molecule has 0 aromatic carbocycles. The minimum absolute atomic E-state index is 0.183. The second kappa shape index (κ2) is 5.45. The highest BCUT2D eigenvalue weighted by Gasteiger charge is 2.12. The number of thiophene rings is 1. The van der Waals surface area contributed by atoms with Crippen LogP contribution in [0.2, 0.25) is 0 Å². The average Bonchev–Trinajstić information content (AvgIpc) is 2.94. The topological polar surface area (TPSA) is 66.9 Å². The van der Waals surface area contributed by atoms with Crippen LogP contribution >= 0.6 is 22.7 Å². The molecule has 96 valence electrons. The zero-order valence-electron chi connectivity index (χ0n) is 10.4. The largest absolute Gasteiger partial charge is 0.363 e. The molecule has 0 spiro atoms. The molecule has 0 aliphatic heterocycles. The van der Waals surface area contributed by atoms with E-state index in [-0.39, 0.29) is 5.91 Å². The van der Waals surface area contributed by atoms with Gasteiger partial charge in [-0.2, -0.15) is 0 Å². The lowest BCUT2D eigenvalue weighted by molar-refractivity contribution is 0.0950. The van der Waals surface area contributed by atoms with Gasteiger partial charge in [0.1, 0.15) is 0 Å². The summed E-state index contributed by atoms with van der Waals surface area (Å²) in [6, 6.07) is 2.10. The van der Waals surface area contributed by atoms with Crippen LogP contribution in [-0.4, -0.2) is 23.2 Å². The van der Waals surface area contributed by atoms with Gasteiger partial charge in [-0.15, -0.1) is 21.5 Å². The Morgan fingerprint density at radius 1 is 1.33 bits per heavy atom. The van der Waals surface area contributed by atoms with Crippen molar-refractivity contribution < 1.29 is 4.79 Å². The quantitative estimate of drug-likeness (QED) is 0.902. The number of carbonyl (C=O) groups is 1. The normalized spacial score (nSPS) is 10.4. The molecule has 0 saturated heterocycles. The Balaban J connectivity index is 1.95. The third kappa shape index (κ3) is 2.85. The van der Waals surface area contributed by atoms with Gasteiger partial charge in [-0.3, -0.25) is 4.79 Å². The van der Waals surface area contributed by atoms with Crippen LogP contribution in [-0.2, 0) is 6.54 Å². The fourth-order valence-electron chi connectivity index (χ4n) is 1.40. The smallest absolute Gasteiger partial charge is 0.282 e. The number of anilines is 1. The van der Waals surface area contributed by atoms with E-state index in [4.69, 9.17) is 0 Å². The van der Waals surface area contributed by atoms with Crippen LogP contribution in [0.15, 0.2) is 6.07 Å². The summed E-state index contributed by atoms with van der Waals surface area (Å²) >= 11 is 2.94. The number of hydrogen-bond donors (Lipinski definition) is 2. The Labute approximate surface area is 113 Å². The molecule has 0 aliphatic carbocycles. The molecule has 0 unspecified atom stereocenters. The van der Waals surface area contributed by atoms with E-state index in [2.05, 4.69) is 40.7 Å². The number of rotatable bonds is 4. The fourth-order valence-corrected chi connectivity index (χ4v) is 3.00. The molecular weight excluding hydrogens is 268 g/mol. The van der Waals surface area contributed by atoms with E-state index in [1.165, 1.54) is 21.8 Å². The predicted molar refractivity (Wildman–Crippen MR) is 74.4 cm³/mol. The maximum absolute atomic E-state index is 11.8. The van der Waals surface area contributed by atoms with Crippen molar-refractivity contribution in [3.8, 4) is 0 Å². The van der Waals surface area contributed by atoms with Gasteiger partial charge in [0.05, 0.1) is 6.54 Å². The summed E-state index contributed by atoms with van der Waals surface area (Å²) in [5.74, 6) is -0.183. The highest BCUT2D eigenvalue weighted by atomic mass is 32.1. The summed E-state index contributed by atoms with van der Waals surface area (Å²) in [5, 5.41) is 14.4. The van der Waals surface area contributed by atoms with E-state index in [1.807, 2.05) is 0 Å². The van der Waals surface area contributed by atoms with Gasteiger partial charge < -0.3 is 10.6 Å². The molecule has 0 bridgehead atoms. The van der Waals surface area contributed by atoms with Crippen molar-refractivity contribution in [1.82, 2.24) is 15.5 Å². The molecule has 5 nitrogen and oxygen atoms in total. The lowest BCUT2D eigenvalue weighted by atomic mass is 10.3. The first-order chi connectivity index (χ1) is 8.60. The summed E-state index contributed by atoms with van der Waals surface area (Å²) in [6.45, 7) is 4.68. The van der Waals surface area contributed by atoms with Crippen molar-refractivity contribution in [3.63, 3.8) is 0 Å². The molecule has 2 rings (SSSR count). The van der Waals surface area contributed by atoms with Gasteiger partial charge in [-0.25, -0.2) is 0 Å². The van der Waals surface area contributed by atoms with E-state index >= 15 is 0 Å². The molecule has 0 aliphatic rings. The van der Waals surface area contributed by atoms with Crippen molar-refractivity contribution in [2.75, 3.05) is 12.4 Å². The lowest BCUT2D eigenvalue weighted by Crippen LogP contribution is -2.22. The van der Waals surface area contributed by atoms with E-state index in [0.717, 1.165) is 4.88 Å². The van der Waals surface area contributed by atoms with Gasteiger partial charge in [-0.1, -0.05) is 11.3 Å². The van der Waals surface area contributed by atoms with Crippen LogP contribution in [0.25, 0.3) is 0 Å². The molecule has 0 fully saturated rings. The van der Waals surface area contributed by atoms with Gasteiger partial charge in [0.2, 0.25) is 10.1 Å². The number of hydrogen-bond acceptors (Lipinski definition) is 6. The SMILES string of the molecule is CNc1nnc(C(=O)NCc2cc(C)c(C)s2)s1. The van der Waals surface area contributed by atoms with Gasteiger partial charge in [-0.05, 0) is 25.5 Å². The zero-order valence-corrected chi connectivity index (χ0v) is 12.0. The highest BCUT2D eigenvalue weighted by Crippen LogP contribution is 2.20. The minimum atomic E-state index is -0.183. The molecule has 2 heterocycles. The Bertz CT molecular complexity index is 542. The van der Waals surface area contributed by atoms with Gasteiger partial charge >= 0.3 is 0 Å². The summed E-state index contributed by atoms with van der Waals surface area (Å²) in [6.07, 6.45) is 0. The van der Waals surface area contributed by atoms with E-state index < -0.39 is 0 Å². The van der Waals surface area contributed by atoms with Crippen molar-refractivity contribution in [2.24, 2.45) is 0 Å². The number of aromatic nitrogens is 2. The third-order valence-corrected chi connectivity index (χ3v) is 4.57. The molecule has 1 amide bonds. The Kier molecular flexibility index (Phi) is 3.93. The van der Waals surface area contributed by atoms with Crippen molar-refractivity contribution in [1.29, 1.82) is 0 Å². The summed E-state index contributed by atoms with van der Waals surface area (Å²) in [4.78, 5) is 14.2. The molecule has 7 heteroatoms. The summed E-state index contributed by atoms with van der Waals surface area (Å²) in [5.41, 5.74) is 1.26. The fraction of sp³-hybridized carbons (Fsp3) is 0.364. The van der Waals surface area contributed by atoms with Crippen LogP contribution in [0.3, 0.4) is 0 Å². The van der Waals surface area contributed by atoms with E-state index in [0.29, 0.717) is 16.7 Å². The molecule has 2 aromatic heterocycles. The third-order valence-electron chi connectivity index (χ3n) is 2.47. The number of carbonyl (C=O) groups excluding carboxylic acids is 1. The average molecular weight is 282 g/mol. The Hall–Kier alpha value is -1.47. The second-order valence-electron chi connectivity index (χ2n) is 3.80. The van der Waals surface area contributed by atoms with Crippen LogP contribution in [0.5, 0.6) is 0 Å². The first kappa shape index (κ1) is 13.0. The Morgan fingerprint density at radius 2 is 2.11 bits per heavy atom. The van der Waals surface area contributed by atoms with Crippen LogP contribution in [0.1, 0.15) is 25.1 Å². The van der Waals surface area contributed by atoms with Crippen LogP contribution < -0.4 is 10.6 Å². The number of amides is 1. The maximum atomic E-state index is 11.8. The molecule has 2 N–H and O–H groups in total. The van der Waals surface area contributed by atoms with E-state index in [1.54, 1.807) is 18.4 Å². The molecule has 2 aromatic rings. The molecule has 0 saturated carbocycles. The minimum Gasteiger partial charge on any atom is -0.363 e. The van der Waals surface area contributed by atoms with Crippen LogP contribution in [0, 0.1) is 13.8 Å². The highest BCUT2D eigenvalue weighted by molar-refractivity contribution is 7.17. The number of aryl methyl sites for hydroxylation is 2. The first-order valence-electron chi connectivity index (χ1n) is 5.45. The zero-order chi connectivity index (χ0) is 13.1. The van der Waals surface area contributed by atoms with E-state index in [9.17, 15) is 4.79 Å². The number of nitrogens with one attached hydrogen (secondary N) is 2. The standard InChI is InChI=1S/C11H14N4OS2/c1-6-4-8(17-7(6)2)5-13-9(16)10-14-15-11(12-3)18-10/h4H,5H2,1-3H3,(H,12,15)(H,13,16). The predicted octanol–water partition coefficient (Wildman–Crippen LogP) is 2.19. The maximum Gasteiger partial charge on any atom is 0.282 e. The van der Waals surface area contributed by atoms with Gasteiger partial charge in [0.25, 0.3) is 5.91 Å². The van der Waals surface area contributed by atoms with Crippen molar-refractivity contribution in [2.45, 2.75) is 20.4 Å². The second-order valence-corrected chi connectivity index (χ2v) is 6.12. The van der Waals surface area contributed by atoms with Gasteiger partial charge in [0, 0.05) is 16.8 Å². The van der Waals surface area contributed by atoms with Crippen molar-refractivity contribution >= 4 is 33.7 Å². The first-order valence-corrected chi connectivity index (χ1v) is 7.09. The summed E-state index contributed by atoms with van der Waals surface area (Å²) in [7, 11) is 1.75. The molecule has 18 heavy (non-hydrogen) atoms. The Morgan fingerprint density at radius 3 is 2.67 bits per heavy atom. The van der Waals surface area contributed by atoms with Crippen molar-refractivity contribution in [3.05, 3.63) is 26.4 Å². The molecule has 0 atom stereocenters. The van der Waals surface area contributed by atoms with Crippen LogP contribution in [0.4, 0.5) is 5.13 Å². The molecule has 0 radical (unpaired) electrons. The monoisotopic (exact) mass is 282 g/mol.